The maximum absolute atomic E-state index is 11.6. The lowest BCUT2D eigenvalue weighted by atomic mass is 10.2. The Balaban J connectivity index is 2.66. The smallest absolute Gasteiger partial charge is 0.258 e. The van der Waals surface area contributed by atoms with E-state index in [1.165, 1.54) is 0 Å². The van der Waals surface area contributed by atoms with Crippen molar-refractivity contribution < 1.29 is 19.1 Å². The molecule has 0 fully saturated rings. The molecule has 0 saturated heterocycles. The van der Waals surface area contributed by atoms with Crippen LogP contribution in [0.1, 0.15) is 37.6 Å². The summed E-state index contributed by atoms with van der Waals surface area (Å²) in [6, 6.07) is 4.97. The molecule has 1 aromatic rings. The second-order valence-electron chi connectivity index (χ2n) is 4.42. The number of ether oxygens (including phenoxy) is 2. The molecule has 0 aromatic heterocycles. The molecule has 0 radical (unpaired) electrons. The molecule has 1 N–H and O–H groups in total. The van der Waals surface area contributed by atoms with E-state index in [2.05, 4.69) is 5.32 Å². The molecule has 1 unspecified atom stereocenters. The van der Waals surface area contributed by atoms with Gasteiger partial charge in [-0.3, -0.25) is 9.59 Å². The quantitative estimate of drug-likeness (QED) is 0.741. The molecule has 110 valence electrons. The van der Waals surface area contributed by atoms with Crippen LogP contribution in [-0.2, 0) is 4.79 Å². The molecule has 0 spiro atoms. The molecule has 0 heterocycles. The van der Waals surface area contributed by atoms with E-state index >= 15 is 0 Å². The van der Waals surface area contributed by atoms with Gasteiger partial charge in [0.05, 0.1) is 6.61 Å². The van der Waals surface area contributed by atoms with Crippen molar-refractivity contribution in [2.24, 2.45) is 0 Å². The molecule has 0 saturated carbocycles. The van der Waals surface area contributed by atoms with Gasteiger partial charge in [0.1, 0.15) is 6.29 Å². The fraction of sp³-hybridized carbons (Fsp3) is 0.467. The summed E-state index contributed by atoms with van der Waals surface area (Å²) in [6.45, 7) is 6.15. The number of amides is 1. The van der Waals surface area contributed by atoms with Gasteiger partial charge in [0.25, 0.3) is 5.91 Å². The van der Waals surface area contributed by atoms with Crippen LogP contribution in [0.5, 0.6) is 11.5 Å². The van der Waals surface area contributed by atoms with Crippen molar-refractivity contribution in [1.82, 2.24) is 5.32 Å². The maximum Gasteiger partial charge on any atom is 0.258 e. The predicted octanol–water partition coefficient (Wildman–Crippen LogP) is 2.19. The molecule has 20 heavy (non-hydrogen) atoms. The Bertz CT molecular complexity index is 459. The summed E-state index contributed by atoms with van der Waals surface area (Å²) >= 11 is 0. The molecule has 1 atom stereocenters. The summed E-state index contributed by atoms with van der Waals surface area (Å²) in [6.07, 6.45) is 1.60. The fourth-order valence-electron chi connectivity index (χ4n) is 1.55. The Morgan fingerprint density at radius 2 is 2.05 bits per heavy atom. The van der Waals surface area contributed by atoms with E-state index in [0.717, 1.165) is 12.7 Å². The van der Waals surface area contributed by atoms with Crippen LogP contribution >= 0.6 is 0 Å². The zero-order valence-electron chi connectivity index (χ0n) is 12.1. The van der Waals surface area contributed by atoms with E-state index in [4.69, 9.17) is 9.47 Å². The first-order valence-corrected chi connectivity index (χ1v) is 6.74. The lowest BCUT2D eigenvalue weighted by Crippen LogP contribution is -2.35. The molecular formula is C15H21NO4. The van der Waals surface area contributed by atoms with Gasteiger partial charge in [0, 0.05) is 11.6 Å². The van der Waals surface area contributed by atoms with Crippen molar-refractivity contribution in [2.45, 2.75) is 33.2 Å². The Morgan fingerprint density at radius 1 is 1.30 bits per heavy atom. The van der Waals surface area contributed by atoms with Crippen LogP contribution in [0, 0.1) is 0 Å². The van der Waals surface area contributed by atoms with Gasteiger partial charge in [0.2, 0.25) is 0 Å². The highest BCUT2D eigenvalue weighted by molar-refractivity contribution is 5.78. The van der Waals surface area contributed by atoms with Crippen LogP contribution in [0.3, 0.4) is 0 Å². The molecule has 1 amide bonds. The van der Waals surface area contributed by atoms with E-state index in [0.29, 0.717) is 23.7 Å². The van der Waals surface area contributed by atoms with Crippen LogP contribution in [0.25, 0.3) is 0 Å². The van der Waals surface area contributed by atoms with Gasteiger partial charge in [-0.1, -0.05) is 6.92 Å². The Hall–Kier alpha value is -2.04. The van der Waals surface area contributed by atoms with Gasteiger partial charge < -0.3 is 14.8 Å². The van der Waals surface area contributed by atoms with Gasteiger partial charge in [-0.2, -0.15) is 0 Å². The first-order chi connectivity index (χ1) is 9.60. The molecule has 0 aliphatic rings. The van der Waals surface area contributed by atoms with E-state index in [-0.39, 0.29) is 18.6 Å². The van der Waals surface area contributed by atoms with Crippen molar-refractivity contribution in [3.8, 4) is 11.5 Å². The highest BCUT2D eigenvalue weighted by atomic mass is 16.5. The zero-order valence-corrected chi connectivity index (χ0v) is 12.1. The van der Waals surface area contributed by atoms with Crippen LogP contribution in [0.2, 0.25) is 0 Å². The summed E-state index contributed by atoms with van der Waals surface area (Å²) in [5.41, 5.74) is 0.504. The first-order valence-electron chi connectivity index (χ1n) is 6.74. The molecule has 5 heteroatoms. The normalized spacial score (nSPS) is 11.6. The molecule has 0 bridgehead atoms. The number of aldehydes is 1. The highest BCUT2D eigenvalue weighted by Gasteiger charge is 2.10. The number of carbonyl (C=O) groups excluding carboxylic acids is 2. The molecule has 1 aromatic carbocycles. The van der Waals surface area contributed by atoms with Crippen molar-refractivity contribution >= 4 is 12.2 Å². The topological polar surface area (TPSA) is 64.6 Å². The Kier molecular flexibility index (Phi) is 6.56. The van der Waals surface area contributed by atoms with Gasteiger partial charge >= 0.3 is 0 Å². The number of hydrogen-bond donors (Lipinski definition) is 1. The molecule has 1 rings (SSSR count). The zero-order chi connectivity index (χ0) is 15.0. The largest absolute Gasteiger partial charge is 0.490 e. The first kappa shape index (κ1) is 16.0. The van der Waals surface area contributed by atoms with Crippen LogP contribution in [0.15, 0.2) is 18.2 Å². The lowest BCUT2D eigenvalue weighted by Gasteiger charge is -2.14. The van der Waals surface area contributed by atoms with Gasteiger partial charge in [-0.15, -0.1) is 0 Å². The van der Waals surface area contributed by atoms with Gasteiger partial charge in [-0.25, -0.2) is 0 Å². The SMILES string of the molecule is CCOc1cc(C=O)ccc1OCC(=O)NC(C)CC. The van der Waals surface area contributed by atoms with Crippen molar-refractivity contribution in [2.75, 3.05) is 13.2 Å². The van der Waals surface area contributed by atoms with E-state index in [9.17, 15) is 9.59 Å². The highest BCUT2D eigenvalue weighted by Crippen LogP contribution is 2.27. The molecule has 0 aliphatic carbocycles. The van der Waals surface area contributed by atoms with Crippen LogP contribution in [0.4, 0.5) is 0 Å². The average Bonchev–Trinajstić information content (AvgIpc) is 2.46. The number of carbonyl (C=O) groups is 2. The number of rotatable bonds is 8. The third kappa shape index (κ3) is 4.91. The van der Waals surface area contributed by atoms with Gasteiger partial charge in [0.15, 0.2) is 18.1 Å². The van der Waals surface area contributed by atoms with E-state index < -0.39 is 0 Å². The van der Waals surface area contributed by atoms with E-state index in [1.54, 1.807) is 18.2 Å². The lowest BCUT2D eigenvalue weighted by molar-refractivity contribution is -0.123. The summed E-state index contributed by atoms with van der Waals surface area (Å²) in [5, 5.41) is 2.81. The second-order valence-corrected chi connectivity index (χ2v) is 4.42. The minimum atomic E-state index is -0.179. The fourth-order valence-corrected chi connectivity index (χ4v) is 1.55. The summed E-state index contributed by atoms with van der Waals surface area (Å²) < 4.78 is 10.8. The molecule has 5 nitrogen and oxygen atoms in total. The maximum atomic E-state index is 11.6. The minimum Gasteiger partial charge on any atom is -0.490 e. The predicted molar refractivity (Wildman–Crippen MR) is 76.4 cm³/mol. The standard InChI is InChI=1S/C15H21NO4/c1-4-11(3)16-15(18)10-20-13-7-6-12(9-17)8-14(13)19-5-2/h6-9,11H,4-5,10H2,1-3H3,(H,16,18). The third-order valence-electron chi connectivity index (χ3n) is 2.78. The van der Waals surface area contributed by atoms with Crippen LogP contribution < -0.4 is 14.8 Å². The monoisotopic (exact) mass is 279 g/mol. The van der Waals surface area contributed by atoms with Crippen molar-refractivity contribution in [1.29, 1.82) is 0 Å². The molecular weight excluding hydrogens is 258 g/mol. The number of nitrogens with one attached hydrogen (secondary N) is 1. The average molecular weight is 279 g/mol. The third-order valence-corrected chi connectivity index (χ3v) is 2.78. The Labute approximate surface area is 119 Å². The second kappa shape index (κ2) is 8.19. The summed E-state index contributed by atoms with van der Waals surface area (Å²) in [7, 11) is 0. The van der Waals surface area contributed by atoms with Gasteiger partial charge in [-0.05, 0) is 38.5 Å². The number of benzene rings is 1. The summed E-state index contributed by atoms with van der Waals surface area (Å²) in [4.78, 5) is 22.4. The van der Waals surface area contributed by atoms with Crippen LogP contribution in [-0.4, -0.2) is 31.4 Å². The minimum absolute atomic E-state index is 0.0785. The molecule has 0 aliphatic heterocycles. The van der Waals surface area contributed by atoms with Crippen molar-refractivity contribution in [3.63, 3.8) is 0 Å². The van der Waals surface area contributed by atoms with E-state index in [1.807, 2.05) is 20.8 Å². The Morgan fingerprint density at radius 3 is 2.65 bits per heavy atom. The van der Waals surface area contributed by atoms with Crippen molar-refractivity contribution in [3.05, 3.63) is 23.8 Å². The number of hydrogen-bond acceptors (Lipinski definition) is 4. The summed E-state index contributed by atoms with van der Waals surface area (Å²) in [5.74, 6) is 0.742.